The highest BCUT2D eigenvalue weighted by Crippen LogP contribution is 2.18. The fourth-order valence-electron chi connectivity index (χ4n) is 2.48. The smallest absolute Gasteiger partial charge is 0.243 e. The van der Waals surface area contributed by atoms with Gasteiger partial charge in [0, 0.05) is 11.7 Å². The van der Waals surface area contributed by atoms with Crippen LogP contribution in [-0.4, -0.2) is 54.8 Å². The van der Waals surface area contributed by atoms with Crippen LogP contribution in [0.3, 0.4) is 0 Å². The molecule has 3 amide bonds. The number of hydrogen-bond donors (Lipinski definition) is 3. The summed E-state index contributed by atoms with van der Waals surface area (Å²) in [5.74, 6) is -0.695. The van der Waals surface area contributed by atoms with E-state index in [1.807, 2.05) is 52.8 Å². The molecule has 1 rings (SSSR count). The largest absolute Gasteiger partial charge is 0.353 e. The van der Waals surface area contributed by atoms with E-state index in [-0.39, 0.29) is 43.4 Å². The third-order valence-electron chi connectivity index (χ3n) is 3.82. The van der Waals surface area contributed by atoms with Crippen molar-refractivity contribution in [3.05, 3.63) is 29.3 Å². The Morgan fingerprint density at radius 2 is 1.58 bits per heavy atom. The predicted octanol–water partition coefficient (Wildman–Crippen LogP) is 1.20. The number of anilines is 1. The molecule has 0 bridgehead atoms. The van der Waals surface area contributed by atoms with E-state index >= 15 is 0 Å². The summed E-state index contributed by atoms with van der Waals surface area (Å²) < 4.78 is 0. The van der Waals surface area contributed by atoms with Crippen molar-refractivity contribution in [3.63, 3.8) is 0 Å². The van der Waals surface area contributed by atoms with Crippen molar-refractivity contribution in [2.45, 2.75) is 40.7 Å². The molecule has 26 heavy (non-hydrogen) atoms. The van der Waals surface area contributed by atoms with Gasteiger partial charge in [0.15, 0.2) is 0 Å². The molecule has 0 fully saturated rings. The molecule has 0 heterocycles. The van der Waals surface area contributed by atoms with Gasteiger partial charge in [-0.3, -0.25) is 19.3 Å². The van der Waals surface area contributed by atoms with E-state index in [0.29, 0.717) is 6.54 Å². The third-order valence-corrected chi connectivity index (χ3v) is 3.82. The molecule has 0 aliphatic carbocycles. The first-order valence-corrected chi connectivity index (χ1v) is 8.87. The van der Waals surface area contributed by atoms with Gasteiger partial charge in [0.25, 0.3) is 0 Å². The zero-order valence-electron chi connectivity index (χ0n) is 16.3. The monoisotopic (exact) mass is 362 g/mol. The second-order valence-electron chi connectivity index (χ2n) is 6.62. The van der Waals surface area contributed by atoms with Gasteiger partial charge in [-0.15, -0.1) is 0 Å². The molecule has 1 aromatic carbocycles. The minimum Gasteiger partial charge on any atom is -0.353 e. The standard InChI is InChI=1S/C19H30N4O3/c1-6-23(12-18(26)21-13(2)3)11-17(25)20-10-16(24)22-19-14(4)8-7-9-15(19)5/h7-9,13H,6,10-12H2,1-5H3,(H,20,25)(H,21,26)(H,22,24). The topological polar surface area (TPSA) is 90.5 Å². The molecule has 0 saturated carbocycles. The maximum absolute atomic E-state index is 12.1. The van der Waals surface area contributed by atoms with Crippen molar-refractivity contribution in [3.8, 4) is 0 Å². The van der Waals surface area contributed by atoms with Crippen molar-refractivity contribution in [1.29, 1.82) is 0 Å². The Hall–Kier alpha value is -2.41. The SMILES string of the molecule is CCN(CC(=O)NCC(=O)Nc1c(C)cccc1C)CC(=O)NC(C)C. The van der Waals surface area contributed by atoms with Crippen LogP contribution in [0.1, 0.15) is 31.9 Å². The minimum atomic E-state index is -0.291. The fourth-order valence-corrected chi connectivity index (χ4v) is 2.48. The lowest BCUT2D eigenvalue weighted by atomic mass is 10.1. The molecule has 144 valence electrons. The Kier molecular flexibility index (Phi) is 8.78. The van der Waals surface area contributed by atoms with E-state index in [4.69, 9.17) is 0 Å². The molecule has 0 spiro atoms. The van der Waals surface area contributed by atoms with Crippen molar-refractivity contribution in [2.24, 2.45) is 0 Å². The van der Waals surface area contributed by atoms with Gasteiger partial charge in [-0.05, 0) is 45.4 Å². The summed E-state index contributed by atoms with van der Waals surface area (Å²) >= 11 is 0. The summed E-state index contributed by atoms with van der Waals surface area (Å²) in [5.41, 5.74) is 2.71. The molecule has 1 aromatic rings. The summed E-state index contributed by atoms with van der Waals surface area (Å²) in [5, 5.41) is 8.21. The molecule has 0 radical (unpaired) electrons. The van der Waals surface area contributed by atoms with Crippen molar-refractivity contribution >= 4 is 23.4 Å². The molecule has 7 nitrogen and oxygen atoms in total. The van der Waals surface area contributed by atoms with Crippen LogP contribution >= 0.6 is 0 Å². The molecule has 0 saturated heterocycles. The van der Waals surface area contributed by atoms with Crippen molar-refractivity contribution in [2.75, 3.05) is 31.5 Å². The Morgan fingerprint density at radius 1 is 1.00 bits per heavy atom. The number of para-hydroxylation sites is 1. The number of hydrogen-bond acceptors (Lipinski definition) is 4. The Morgan fingerprint density at radius 3 is 2.12 bits per heavy atom. The number of rotatable bonds is 9. The lowest BCUT2D eigenvalue weighted by Gasteiger charge is -2.20. The number of aryl methyl sites for hydroxylation is 2. The van der Waals surface area contributed by atoms with Crippen LogP contribution in [0.2, 0.25) is 0 Å². The van der Waals surface area contributed by atoms with E-state index in [1.54, 1.807) is 4.90 Å². The number of nitrogens with one attached hydrogen (secondary N) is 3. The lowest BCUT2D eigenvalue weighted by Crippen LogP contribution is -2.45. The molecule has 0 aliphatic rings. The van der Waals surface area contributed by atoms with E-state index < -0.39 is 0 Å². The van der Waals surface area contributed by atoms with Crippen LogP contribution in [0.5, 0.6) is 0 Å². The van der Waals surface area contributed by atoms with Crippen LogP contribution in [0.25, 0.3) is 0 Å². The van der Waals surface area contributed by atoms with Gasteiger partial charge >= 0.3 is 0 Å². The summed E-state index contributed by atoms with van der Waals surface area (Å²) in [6, 6.07) is 5.82. The number of benzene rings is 1. The zero-order chi connectivity index (χ0) is 19.7. The van der Waals surface area contributed by atoms with Gasteiger partial charge in [0.2, 0.25) is 17.7 Å². The first-order chi connectivity index (χ1) is 12.2. The average Bonchev–Trinajstić information content (AvgIpc) is 2.55. The van der Waals surface area contributed by atoms with Crippen LogP contribution in [-0.2, 0) is 14.4 Å². The van der Waals surface area contributed by atoms with Crippen LogP contribution in [0.4, 0.5) is 5.69 Å². The fraction of sp³-hybridized carbons (Fsp3) is 0.526. The lowest BCUT2D eigenvalue weighted by molar-refractivity contribution is -0.127. The van der Waals surface area contributed by atoms with Crippen molar-refractivity contribution < 1.29 is 14.4 Å². The second-order valence-corrected chi connectivity index (χ2v) is 6.62. The molecule has 0 aromatic heterocycles. The summed E-state index contributed by atoms with van der Waals surface area (Å²) in [4.78, 5) is 37.6. The first-order valence-electron chi connectivity index (χ1n) is 8.87. The molecule has 7 heteroatoms. The predicted molar refractivity (Wildman–Crippen MR) is 103 cm³/mol. The second kappa shape index (κ2) is 10.6. The quantitative estimate of drug-likeness (QED) is 0.616. The van der Waals surface area contributed by atoms with Crippen molar-refractivity contribution in [1.82, 2.24) is 15.5 Å². The average molecular weight is 362 g/mol. The maximum Gasteiger partial charge on any atom is 0.243 e. The highest BCUT2D eigenvalue weighted by Gasteiger charge is 2.14. The summed E-state index contributed by atoms with van der Waals surface area (Å²) in [6.45, 7) is 10.2. The molecular formula is C19H30N4O3. The minimum absolute atomic E-state index is 0.0589. The first kappa shape index (κ1) is 21.6. The number of nitrogens with zero attached hydrogens (tertiary/aromatic N) is 1. The van der Waals surface area contributed by atoms with Gasteiger partial charge < -0.3 is 16.0 Å². The Bertz CT molecular complexity index is 623. The molecule has 0 atom stereocenters. The van der Waals surface area contributed by atoms with Gasteiger partial charge in [-0.25, -0.2) is 0 Å². The van der Waals surface area contributed by atoms with Gasteiger partial charge in [0.1, 0.15) is 0 Å². The van der Waals surface area contributed by atoms with E-state index in [9.17, 15) is 14.4 Å². The summed E-state index contributed by atoms with van der Waals surface area (Å²) in [7, 11) is 0. The Labute approximate surface area is 155 Å². The third kappa shape index (κ3) is 7.65. The zero-order valence-corrected chi connectivity index (χ0v) is 16.3. The normalized spacial score (nSPS) is 10.7. The molecule has 3 N–H and O–H groups in total. The van der Waals surface area contributed by atoms with E-state index in [1.165, 1.54) is 0 Å². The Balaban J connectivity index is 2.45. The van der Waals surface area contributed by atoms with Crippen LogP contribution in [0, 0.1) is 13.8 Å². The number of carbonyl (C=O) groups is 3. The number of amides is 3. The van der Waals surface area contributed by atoms with E-state index in [2.05, 4.69) is 16.0 Å². The van der Waals surface area contributed by atoms with Crippen LogP contribution < -0.4 is 16.0 Å². The maximum atomic E-state index is 12.1. The molecule has 0 aliphatic heterocycles. The molecular weight excluding hydrogens is 332 g/mol. The van der Waals surface area contributed by atoms with Gasteiger partial charge in [0.05, 0.1) is 19.6 Å². The van der Waals surface area contributed by atoms with E-state index in [0.717, 1.165) is 16.8 Å². The molecule has 0 unspecified atom stereocenters. The van der Waals surface area contributed by atoms with Gasteiger partial charge in [-0.2, -0.15) is 0 Å². The van der Waals surface area contributed by atoms with Crippen LogP contribution in [0.15, 0.2) is 18.2 Å². The summed E-state index contributed by atoms with van der Waals surface area (Å²) in [6.07, 6.45) is 0. The highest BCUT2D eigenvalue weighted by atomic mass is 16.2. The highest BCUT2D eigenvalue weighted by molar-refractivity contribution is 5.96. The number of likely N-dealkylation sites (N-methyl/N-ethyl adjacent to an activating group) is 1. The number of carbonyl (C=O) groups excluding carboxylic acids is 3. The van der Waals surface area contributed by atoms with Gasteiger partial charge in [-0.1, -0.05) is 25.1 Å².